The highest BCUT2D eigenvalue weighted by Gasteiger charge is 2.14. The molecule has 0 saturated carbocycles. The Morgan fingerprint density at radius 1 is 1.43 bits per heavy atom. The average molecular weight is 307 g/mol. The number of aliphatic hydroxyl groups excluding tert-OH is 1. The molecular formula is C16H18FNO2S. The van der Waals surface area contributed by atoms with E-state index in [4.69, 9.17) is 5.11 Å². The van der Waals surface area contributed by atoms with Crippen LogP contribution in [0.15, 0.2) is 35.7 Å². The summed E-state index contributed by atoms with van der Waals surface area (Å²) in [6.45, 7) is 1.88. The first-order valence-corrected chi connectivity index (χ1v) is 7.66. The molecule has 0 aliphatic rings. The van der Waals surface area contributed by atoms with Gasteiger partial charge in [0, 0.05) is 22.9 Å². The molecule has 1 unspecified atom stereocenters. The Balaban J connectivity index is 1.88. The van der Waals surface area contributed by atoms with Crippen molar-refractivity contribution in [3.05, 3.63) is 57.5 Å². The molecule has 0 saturated heterocycles. The zero-order valence-electron chi connectivity index (χ0n) is 11.8. The Kier molecular flexibility index (Phi) is 5.47. The first-order chi connectivity index (χ1) is 10.1. The molecule has 0 spiro atoms. The number of amides is 1. The third-order valence-corrected chi connectivity index (χ3v) is 4.18. The van der Waals surface area contributed by atoms with Gasteiger partial charge in [-0.1, -0.05) is 19.1 Å². The van der Waals surface area contributed by atoms with Gasteiger partial charge in [-0.25, -0.2) is 4.39 Å². The molecule has 112 valence electrons. The highest BCUT2D eigenvalue weighted by Crippen LogP contribution is 2.15. The number of rotatable bonds is 6. The van der Waals surface area contributed by atoms with Crippen LogP contribution in [0, 0.1) is 11.7 Å². The number of carbonyl (C=O) groups excluding carboxylic acids is 1. The van der Waals surface area contributed by atoms with E-state index in [1.54, 1.807) is 23.5 Å². The van der Waals surface area contributed by atoms with Gasteiger partial charge in [0.25, 0.3) is 0 Å². The minimum atomic E-state index is -0.432. The van der Waals surface area contributed by atoms with Crippen LogP contribution in [-0.2, 0) is 24.4 Å². The fraction of sp³-hybridized carbons (Fsp3) is 0.312. The summed E-state index contributed by atoms with van der Waals surface area (Å²) in [6.07, 6.45) is 0.717. The van der Waals surface area contributed by atoms with E-state index in [9.17, 15) is 9.18 Å². The fourth-order valence-electron chi connectivity index (χ4n) is 2.05. The molecule has 0 aliphatic heterocycles. The van der Waals surface area contributed by atoms with Gasteiger partial charge in [-0.05, 0) is 35.6 Å². The van der Waals surface area contributed by atoms with Crippen molar-refractivity contribution in [2.45, 2.75) is 26.5 Å². The van der Waals surface area contributed by atoms with Crippen molar-refractivity contribution in [3.63, 3.8) is 0 Å². The molecule has 5 heteroatoms. The van der Waals surface area contributed by atoms with Crippen LogP contribution in [0.5, 0.6) is 0 Å². The van der Waals surface area contributed by atoms with Gasteiger partial charge in [0.2, 0.25) is 5.91 Å². The van der Waals surface area contributed by atoms with E-state index in [0.717, 1.165) is 12.0 Å². The fourth-order valence-corrected chi connectivity index (χ4v) is 2.88. The van der Waals surface area contributed by atoms with Crippen molar-refractivity contribution in [2.24, 2.45) is 5.92 Å². The lowest BCUT2D eigenvalue weighted by molar-refractivity contribution is -0.124. The van der Waals surface area contributed by atoms with E-state index in [-0.39, 0.29) is 24.0 Å². The largest absolute Gasteiger partial charge is 0.392 e. The molecule has 2 rings (SSSR count). The molecule has 2 aromatic rings. The zero-order valence-corrected chi connectivity index (χ0v) is 12.6. The van der Waals surface area contributed by atoms with Gasteiger partial charge < -0.3 is 10.4 Å². The zero-order chi connectivity index (χ0) is 15.2. The molecule has 1 amide bonds. The summed E-state index contributed by atoms with van der Waals surface area (Å²) in [6, 6.07) is 8.47. The van der Waals surface area contributed by atoms with Crippen molar-refractivity contribution in [3.8, 4) is 0 Å². The molecule has 0 fully saturated rings. The second-order valence-electron chi connectivity index (χ2n) is 4.99. The van der Waals surface area contributed by atoms with E-state index < -0.39 is 5.82 Å². The number of halogens is 1. The van der Waals surface area contributed by atoms with Crippen LogP contribution in [0.1, 0.15) is 22.9 Å². The SMILES string of the molecule is CC(Cc1cccs1)C(=O)NCc1ccc(F)c(CO)c1. The van der Waals surface area contributed by atoms with E-state index in [0.29, 0.717) is 6.54 Å². The normalized spacial score (nSPS) is 12.1. The van der Waals surface area contributed by atoms with E-state index >= 15 is 0 Å². The first kappa shape index (κ1) is 15.7. The number of hydrogen-bond acceptors (Lipinski definition) is 3. The topological polar surface area (TPSA) is 49.3 Å². The van der Waals surface area contributed by atoms with Crippen LogP contribution >= 0.6 is 11.3 Å². The Bertz CT molecular complexity index is 598. The number of carbonyl (C=O) groups is 1. The van der Waals surface area contributed by atoms with Gasteiger partial charge in [-0.2, -0.15) is 0 Å². The quantitative estimate of drug-likeness (QED) is 0.862. The lowest BCUT2D eigenvalue weighted by Crippen LogP contribution is -2.29. The standard InChI is InChI=1S/C16H18FNO2S/c1-11(7-14-3-2-6-21-14)16(20)18-9-12-4-5-15(17)13(8-12)10-19/h2-6,8,11,19H,7,9-10H2,1H3,(H,18,20). The van der Waals surface area contributed by atoms with Crippen LogP contribution < -0.4 is 5.32 Å². The Morgan fingerprint density at radius 3 is 2.90 bits per heavy atom. The molecule has 1 aromatic heterocycles. The van der Waals surface area contributed by atoms with E-state index in [1.807, 2.05) is 24.4 Å². The highest BCUT2D eigenvalue weighted by atomic mass is 32.1. The van der Waals surface area contributed by atoms with Crippen molar-refractivity contribution in [1.82, 2.24) is 5.32 Å². The summed E-state index contributed by atoms with van der Waals surface area (Å²) in [5, 5.41) is 13.9. The molecule has 1 atom stereocenters. The number of aliphatic hydroxyl groups is 1. The summed E-state index contributed by atoms with van der Waals surface area (Å²) in [4.78, 5) is 13.2. The van der Waals surface area contributed by atoms with Crippen LogP contribution in [0.2, 0.25) is 0 Å². The molecule has 0 radical (unpaired) electrons. The monoisotopic (exact) mass is 307 g/mol. The smallest absolute Gasteiger partial charge is 0.223 e. The minimum absolute atomic E-state index is 0.0294. The van der Waals surface area contributed by atoms with Gasteiger partial charge in [-0.15, -0.1) is 11.3 Å². The summed E-state index contributed by atoms with van der Waals surface area (Å²) in [5.41, 5.74) is 1.02. The predicted octanol–water partition coefficient (Wildman–Crippen LogP) is 2.87. The Hall–Kier alpha value is -1.72. The number of hydrogen-bond donors (Lipinski definition) is 2. The van der Waals surface area contributed by atoms with Crippen molar-refractivity contribution in [2.75, 3.05) is 0 Å². The Morgan fingerprint density at radius 2 is 2.24 bits per heavy atom. The van der Waals surface area contributed by atoms with Gasteiger partial charge in [0.1, 0.15) is 5.82 Å². The maximum Gasteiger partial charge on any atom is 0.223 e. The highest BCUT2D eigenvalue weighted by molar-refractivity contribution is 7.09. The summed E-state index contributed by atoms with van der Waals surface area (Å²) >= 11 is 1.64. The van der Waals surface area contributed by atoms with Gasteiger partial charge in [0.15, 0.2) is 0 Å². The van der Waals surface area contributed by atoms with E-state index in [2.05, 4.69) is 5.32 Å². The third kappa shape index (κ3) is 4.37. The average Bonchev–Trinajstić information content (AvgIpc) is 2.98. The van der Waals surface area contributed by atoms with Crippen LogP contribution in [0.3, 0.4) is 0 Å². The molecule has 1 heterocycles. The molecule has 21 heavy (non-hydrogen) atoms. The molecule has 1 aromatic carbocycles. The summed E-state index contributed by atoms with van der Waals surface area (Å²) in [5.74, 6) is -0.571. The van der Waals surface area contributed by atoms with Crippen LogP contribution in [0.4, 0.5) is 4.39 Å². The summed E-state index contributed by atoms with van der Waals surface area (Å²) < 4.78 is 13.3. The van der Waals surface area contributed by atoms with Crippen LogP contribution in [-0.4, -0.2) is 11.0 Å². The molecular weight excluding hydrogens is 289 g/mol. The number of thiophene rings is 1. The lowest BCUT2D eigenvalue weighted by atomic mass is 10.1. The summed E-state index contributed by atoms with van der Waals surface area (Å²) in [7, 11) is 0. The minimum Gasteiger partial charge on any atom is -0.392 e. The number of benzene rings is 1. The van der Waals surface area contributed by atoms with Crippen LogP contribution in [0.25, 0.3) is 0 Å². The Labute approximate surface area is 127 Å². The van der Waals surface area contributed by atoms with Crippen molar-refractivity contribution >= 4 is 17.2 Å². The van der Waals surface area contributed by atoms with E-state index in [1.165, 1.54) is 10.9 Å². The van der Waals surface area contributed by atoms with Gasteiger partial charge >= 0.3 is 0 Å². The van der Waals surface area contributed by atoms with Gasteiger partial charge in [0.05, 0.1) is 6.61 Å². The van der Waals surface area contributed by atoms with Gasteiger partial charge in [-0.3, -0.25) is 4.79 Å². The maximum atomic E-state index is 13.3. The lowest BCUT2D eigenvalue weighted by Gasteiger charge is -2.12. The van der Waals surface area contributed by atoms with Crippen molar-refractivity contribution < 1.29 is 14.3 Å². The maximum absolute atomic E-state index is 13.3. The molecule has 3 nitrogen and oxygen atoms in total. The number of nitrogens with one attached hydrogen (secondary N) is 1. The first-order valence-electron chi connectivity index (χ1n) is 6.78. The molecule has 0 bridgehead atoms. The molecule has 2 N–H and O–H groups in total. The third-order valence-electron chi connectivity index (χ3n) is 3.28. The second-order valence-corrected chi connectivity index (χ2v) is 6.02. The second kappa shape index (κ2) is 7.33. The molecule has 0 aliphatic carbocycles. The van der Waals surface area contributed by atoms with Crippen molar-refractivity contribution in [1.29, 1.82) is 0 Å². The predicted molar refractivity (Wildman–Crippen MR) is 81.4 cm³/mol.